The minimum atomic E-state index is -3.62. The number of fused-ring (bicyclic) bond motifs is 1. The van der Waals surface area contributed by atoms with Gasteiger partial charge in [-0.3, -0.25) is 14.8 Å². The fraction of sp³-hybridized carbons (Fsp3) is 0.375. The van der Waals surface area contributed by atoms with Gasteiger partial charge in [-0.05, 0) is 50.6 Å². The standard InChI is InChI=1S/C24H29N5O5S/c1-15(2)35(33,34)28-13-19(24(31)27-32)21(14-28)26-23(30)18-10-8-17(9-11-18)12-29-16(3)25-20-6-4-5-7-22(20)29/h4-11,15,19,21,32H,12-14H2,1-3H3,(H,26,30)(H,27,31)/t19-,21+/m0/s1. The van der Waals surface area contributed by atoms with Gasteiger partial charge < -0.3 is 9.88 Å². The van der Waals surface area contributed by atoms with Crippen LogP contribution >= 0.6 is 0 Å². The number of imidazole rings is 1. The molecule has 1 aromatic heterocycles. The normalized spacial score (nSPS) is 18.8. The van der Waals surface area contributed by atoms with E-state index in [4.69, 9.17) is 5.21 Å². The second kappa shape index (κ2) is 9.76. The summed E-state index contributed by atoms with van der Waals surface area (Å²) < 4.78 is 28.4. The minimum absolute atomic E-state index is 0.0462. The van der Waals surface area contributed by atoms with E-state index in [1.807, 2.05) is 43.3 Å². The van der Waals surface area contributed by atoms with Gasteiger partial charge in [0.25, 0.3) is 5.91 Å². The van der Waals surface area contributed by atoms with E-state index >= 15 is 0 Å². The van der Waals surface area contributed by atoms with Crippen molar-refractivity contribution in [3.05, 3.63) is 65.5 Å². The van der Waals surface area contributed by atoms with E-state index in [9.17, 15) is 18.0 Å². The maximum atomic E-state index is 12.9. The molecule has 0 radical (unpaired) electrons. The number of amides is 2. The average Bonchev–Trinajstić information content (AvgIpc) is 3.40. The van der Waals surface area contributed by atoms with E-state index in [1.54, 1.807) is 31.5 Å². The van der Waals surface area contributed by atoms with Crippen LogP contribution in [0.4, 0.5) is 0 Å². The second-order valence-electron chi connectivity index (χ2n) is 9.00. The molecule has 4 rings (SSSR count). The van der Waals surface area contributed by atoms with Crippen molar-refractivity contribution in [1.82, 2.24) is 24.7 Å². The van der Waals surface area contributed by atoms with Crippen LogP contribution in [0.25, 0.3) is 11.0 Å². The Hall–Kier alpha value is -3.28. The van der Waals surface area contributed by atoms with Crippen LogP contribution in [0.15, 0.2) is 48.5 Å². The summed E-state index contributed by atoms with van der Waals surface area (Å²) in [6.45, 7) is 5.49. The predicted molar refractivity (Wildman–Crippen MR) is 130 cm³/mol. The highest BCUT2D eigenvalue weighted by Gasteiger charge is 2.43. The summed E-state index contributed by atoms with van der Waals surface area (Å²) in [5.41, 5.74) is 4.90. The Kier molecular flexibility index (Phi) is 6.93. The number of nitrogens with one attached hydrogen (secondary N) is 2. The molecule has 1 fully saturated rings. The number of sulfonamides is 1. The maximum Gasteiger partial charge on any atom is 0.251 e. The SMILES string of the molecule is Cc1nc2ccccc2n1Cc1ccc(C(=O)N[C@@H]2CN(S(=O)(=O)C(C)C)C[C@@H]2C(=O)NO)cc1. The molecule has 0 spiro atoms. The summed E-state index contributed by atoms with van der Waals surface area (Å²) in [4.78, 5) is 29.7. The highest BCUT2D eigenvalue weighted by molar-refractivity contribution is 7.89. The molecule has 3 aromatic rings. The Balaban J connectivity index is 1.48. The molecule has 10 nitrogen and oxygen atoms in total. The monoisotopic (exact) mass is 499 g/mol. The Morgan fingerprint density at radius 2 is 1.80 bits per heavy atom. The zero-order valence-corrected chi connectivity index (χ0v) is 20.6. The molecule has 2 amide bonds. The molecule has 2 atom stereocenters. The molecule has 0 unspecified atom stereocenters. The molecule has 186 valence electrons. The van der Waals surface area contributed by atoms with Crippen molar-refractivity contribution in [2.45, 2.75) is 38.6 Å². The van der Waals surface area contributed by atoms with Gasteiger partial charge in [0.15, 0.2) is 0 Å². The van der Waals surface area contributed by atoms with Gasteiger partial charge in [0.05, 0.1) is 28.2 Å². The molecule has 11 heteroatoms. The van der Waals surface area contributed by atoms with Crippen LogP contribution in [-0.2, 0) is 21.4 Å². The number of para-hydroxylation sites is 2. The number of carbonyl (C=O) groups excluding carboxylic acids is 2. The summed E-state index contributed by atoms with van der Waals surface area (Å²) >= 11 is 0. The molecular weight excluding hydrogens is 470 g/mol. The number of aryl methyl sites for hydroxylation is 1. The summed E-state index contributed by atoms with van der Waals surface area (Å²) in [6.07, 6.45) is 0. The number of carbonyl (C=O) groups is 2. The average molecular weight is 500 g/mol. The number of hydrogen-bond acceptors (Lipinski definition) is 6. The van der Waals surface area contributed by atoms with Crippen LogP contribution < -0.4 is 10.8 Å². The van der Waals surface area contributed by atoms with E-state index in [0.717, 1.165) is 22.4 Å². The Labute approximate surface area is 204 Å². The van der Waals surface area contributed by atoms with Crippen molar-refractivity contribution >= 4 is 32.9 Å². The lowest BCUT2D eigenvalue weighted by molar-refractivity contribution is -0.133. The van der Waals surface area contributed by atoms with Crippen molar-refractivity contribution in [2.75, 3.05) is 13.1 Å². The van der Waals surface area contributed by atoms with E-state index in [2.05, 4.69) is 14.9 Å². The Morgan fingerprint density at radius 3 is 2.46 bits per heavy atom. The van der Waals surface area contributed by atoms with Crippen LogP contribution in [-0.4, -0.2) is 63.7 Å². The predicted octanol–water partition coefficient (Wildman–Crippen LogP) is 1.67. The van der Waals surface area contributed by atoms with Gasteiger partial charge in [-0.25, -0.2) is 18.9 Å². The van der Waals surface area contributed by atoms with Gasteiger partial charge in [-0.15, -0.1) is 0 Å². The fourth-order valence-corrected chi connectivity index (χ4v) is 5.69. The fourth-order valence-electron chi connectivity index (χ4n) is 4.36. The number of rotatable bonds is 7. The third kappa shape index (κ3) is 4.93. The quantitative estimate of drug-likeness (QED) is 0.335. The molecule has 0 bridgehead atoms. The van der Waals surface area contributed by atoms with Gasteiger partial charge in [0.1, 0.15) is 5.82 Å². The third-order valence-corrected chi connectivity index (χ3v) is 8.62. The van der Waals surface area contributed by atoms with Crippen molar-refractivity contribution in [2.24, 2.45) is 5.92 Å². The van der Waals surface area contributed by atoms with Crippen LogP contribution in [0.2, 0.25) is 0 Å². The van der Waals surface area contributed by atoms with Crippen molar-refractivity contribution < 1.29 is 23.2 Å². The van der Waals surface area contributed by atoms with E-state index in [1.165, 1.54) is 4.31 Å². The van der Waals surface area contributed by atoms with Crippen molar-refractivity contribution in [3.63, 3.8) is 0 Å². The highest BCUT2D eigenvalue weighted by Crippen LogP contribution is 2.23. The number of benzene rings is 2. The van der Waals surface area contributed by atoms with Crippen molar-refractivity contribution in [1.29, 1.82) is 0 Å². The number of hydrogen-bond donors (Lipinski definition) is 3. The molecule has 0 aliphatic carbocycles. The van der Waals surface area contributed by atoms with E-state index < -0.39 is 39.0 Å². The zero-order chi connectivity index (χ0) is 25.3. The van der Waals surface area contributed by atoms with E-state index in [-0.39, 0.29) is 13.1 Å². The smallest absolute Gasteiger partial charge is 0.251 e. The first-order valence-electron chi connectivity index (χ1n) is 11.4. The molecule has 2 heterocycles. The summed E-state index contributed by atoms with van der Waals surface area (Å²) in [5.74, 6) is -1.18. The molecule has 0 saturated carbocycles. The topological polar surface area (TPSA) is 134 Å². The summed E-state index contributed by atoms with van der Waals surface area (Å²) in [7, 11) is -3.62. The number of nitrogens with zero attached hydrogens (tertiary/aromatic N) is 3. The molecule has 3 N–H and O–H groups in total. The lowest BCUT2D eigenvalue weighted by atomic mass is 10.0. The molecule has 1 saturated heterocycles. The lowest BCUT2D eigenvalue weighted by Gasteiger charge is -2.19. The molecule has 2 aromatic carbocycles. The van der Waals surface area contributed by atoms with Gasteiger partial charge in [0.2, 0.25) is 15.9 Å². The van der Waals surface area contributed by atoms with Gasteiger partial charge in [-0.1, -0.05) is 24.3 Å². The van der Waals surface area contributed by atoms with Gasteiger partial charge in [0, 0.05) is 25.2 Å². The van der Waals surface area contributed by atoms with Crippen LogP contribution in [0.5, 0.6) is 0 Å². The maximum absolute atomic E-state index is 12.9. The summed E-state index contributed by atoms with van der Waals surface area (Å²) in [5, 5.41) is 11.2. The third-order valence-electron chi connectivity index (χ3n) is 6.41. The lowest BCUT2D eigenvalue weighted by Crippen LogP contribution is -2.45. The van der Waals surface area contributed by atoms with Crippen LogP contribution in [0, 0.1) is 12.8 Å². The zero-order valence-electron chi connectivity index (χ0n) is 19.8. The second-order valence-corrected chi connectivity index (χ2v) is 11.5. The van der Waals surface area contributed by atoms with Gasteiger partial charge in [-0.2, -0.15) is 4.31 Å². The van der Waals surface area contributed by atoms with Crippen LogP contribution in [0.3, 0.4) is 0 Å². The first-order chi connectivity index (χ1) is 16.6. The molecular formula is C24H29N5O5S. The number of aromatic nitrogens is 2. The Morgan fingerprint density at radius 1 is 1.11 bits per heavy atom. The van der Waals surface area contributed by atoms with Gasteiger partial charge >= 0.3 is 0 Å². The first-order valence-corrected chi connectivity index (χ1v) is 12.9. The summed E-state index contributed by atoms with van der Waals surface area (Å²) in [6, 6.07) is 14.2. The Bertz CT molecular complexity index is 1350. The molecule has 1 aliphatic heterocycles. The van der Waals surface area contributed by atoms with Crippen molar-refractivity contribution in [3.8, 4) is 0 Å². The highest BCUT2D eigenvalue weighted by atomic mass is 32.2. The molecule has 35 heavy (non-hydrogen) atoms. The first kappa shape index (κ1) is 24.8. The molecule has 1 aliphatic rings. The number of hydroxylamine groups is 1. The van der Waals surface area contributed by atoms with E-state index in [0.29, 0.717) is 12.1 Å². The minimum Gasteiger partial charge on any atom is -0.347 e. The largest absolute Gasteiger partial charge is 0.347 e. The van der Waals surface area contributed by atoms with Crippen LogP contribution in [0.1, 0.15) is 35.6 Å².